The van der Waals surface area contributed by atoms with Crippen LogP contribution in [0.3, 0.4) is 0 Å². The lowest BCUT2D eigenvalue weighted by Gasteiger charge is -2.35. The Morgan fingerprint density at radius 2 is 1.88 bits per heavy atom. The Bertz CT molecular complexity index is 336. The largest absolute Gasteiger partial charge is 0.348 e. The van der Waals surface area contributed by atoms with Crippen molar-refractivity contribution < 1.29 is 9.47 Å². The van der Waals surface area contributed by atoms with Crippen LogP contribution in [0.25, 0.3) is 0 Å². The highest BCUT2D eigenvalue weighted by molar-refractivity contribution is 5.10. The second-order valence-electron chi connectivity index (χ2n) is 4.64. The minimum Gasteiger partial charge on any atom is -0.348 e. The van der Waals surface area contributed by atoms with E-state index in [1.165, 1.54) is 5.69 Å². The Kier molecular flexibility index (Phi) is 2.65. The van der Waals surface area contributed by atoms with Crippen molar-refractivity contribution in [1.29, 1.82) is 0 Å². The molecule has 1 saturated heterocycles. The number of aromatic nitrogens is 1. The van der Waals surface area contributed by atoms with Gasteiger partial charge < -0.3 is 9.47 Å². The Labute approximate surface area is 95.8 Å². The Balaban J connectivity index is 1.66. The highest BCUT2D eigenvalue weighted by Gasteiger charge is 2.40. The molecule has 0 radical (unpaired) electrons. The first-order chi connectivity index (χ1) is 7.88. The van der Waals surface area contributed by atoms with Gasteiger partial charge in [-0.1, -0.05) is 6.07 Å². The van der Waals surface area contributed by atoms with Gasteiger partial charge in [-0.2, -0.15) is 0 Å². The molecule has 1 spiro atoms. The Morgan fingerprint density at radius 1 is 1.12 bits per heavy atom. The summed E-state index contributed by atoms with van der Waals surface area (Å²) in [6, 6.07) is 6.16. The summed E-state index contributed by atoms with van der Waals surface area (Å²) in [6.07, 6.45) is 6.14. The lowest BCUT2D eigenvalue weighted by atomic mass is 9.83. The van der Waals surface area contributed by atoms with Crippen LogP contribution < -0.4 is 0 Å². The van der Waals surface area contributed by atoms with E-state index in [1.54, 1.807) is 0 Å². The Morgan fingerprint density at radius 3 is 2.50 bits per heavy atom. The first-order valence-corrected chi connectivity index (χ1v) is 6.07. The van der Waals surface area contributed by atoms with E-state index in [1.807, 2.05) is 12.3 Å². The van der Waals surface area contributed by atoms with Gasteiger partial charge in [0.1, 0.15) is 0 Å². The molecule has 16 heavy (non-hydrogen) atoms. The van der Waals surface area contributed by atoms with E-state index < -0.39 is 0 Å². The third kappa shape index (κ3) is 1.85. The lowest BCUT2D eigenvalue weighted by Crippen LogP contribution is -2.34. The first-order valence-electron chi connectivity index (χ1n) is 6.07. The van der Waals surface area contributed by atoms with E-state index in [4.69, 9.17) is 9.47 Å². The minimum atomic E-state index is -0.245. The van der Waals surface area contributed by atoms with Crippen LogP contribution in [-0.4, -0.2) is 24.0 Å². The highest BCUT2D eigenvalue weighted by atomic mass is 16.7. The van der Waals surface area contributed by atoms with Crippen LogP contribution >= 0.6 is 0 Å². The van der Waals surface area contributed by atoms with Crippen LogP contribution in [0.2, 0.25) is 0 Å². The molecule has 2 aliphatic rings. The van der Waals surface area contributed by atoms with Crippen molar-refractivity contribution in [2.45, 2.75) is 37.4 Å². The molecule has 3 nitrogen and oxygen atoms in total. The van der Waals surface area contributed by atoms with E-state index in [0.717, 1.165) is 38.9 Å². The molecule has 1 saturated carbocycles. The molecule has 0 bridgehead atoms. The number of pyridine rings is 1. The topological polar surface area (TPSA) is 31.4 Å². The monoisotopic (exact) mass is 219 g/mol. The van der Waals surface area contributed by atoms with Gasteiger partial charge in [0.25, 0.3) is 0 Å². The molecule has 0 aromatic carbocycles. The minimum absolute atomic E-state index is 0.245. The molecule has 1 aliphatic heterocycles. The predicted molar refractivity (Wildman–Crippen MR) is 60.1 cm³/mol. The third-order valence-corrected chi connectivity index (χ3v) is 3.67. The van der Waals surface area contributed by atoms with E-state index >= 15 is 0 Å². The number of hydrogen-bond donors (Lipinski definition) is 0. The quantitative estimate of drug-likeness (QED) is 0.727. The molecule has 1 aromatic rings. The van der Waals surface area contributed by atoms with E-state index in [9.17, 15) is 0 Å². The molecule has 3 rings (SSSR count). The summed E-state index contributed by atoms with van der Waals surface area (Å²) < 4.78 is 11.4. The number of nitrogens with zero attached hydrogens (tertiary/aromatic N) is 1. The van der Waals surface area contributed by atoms with Gasteiger partial charge in [0.05, 0.1) is 13.2 Å². The number of ether oxygens (including phenoxy) is 2. The van der Waals surface area contributed by atoms with Crippen LogP contribution in [0, 0.1) is 0 Å². The molecule has 1 aromatic heterocycles. The first kappa shape index (κ1) is 10.2. The fourth-order valence-electron chi connectivity index (χ4n) is 2.76. The molecule has 0 amide bonds. The van der Waals surface area contributed by atoms with Gasteiger partial charge in [0.2, 0.25) is 0 Å². The SMILES string of the molecule is c1ccc(C2CCC3(CC2)OCCO3)nc1. The maximum Gasteiger partial charge on any atom is 0.168 e. The molecule has 3 heteroatoms. The summed E-state index contributed by atoms with van der Waals surface area (Å²) in [4.78, 5) is 4.44. The van der Waals surface area contributed by atoms with E-state index in [2.05, 4.69) is 17.1 Å². The average molecular weight is 219 g/mol. The molecule has 0 atom stereocenters. The summed E-state index contributed by atoms with van der Waals surface area (Å²) in [7, 11) is 0. The summed E-state index contributed by atoms with van der Waals surface area (Å²) >= 11 is 0. The zero-order valence-corrected chi connectivity index (χ0v) is 9.39. The van der Waals surface area contributed by atoms with Crippen LogP contribution in [0.1, 0.15) is 37.3 Å². The van der Waals surface area contributed by atoms with Crippen molar-refractivity contribution in [2.75, 3.05) is 13.2 Å². The zero-order chi connectivity index (χ0) is 10.8. The summed E-state index contributed by atoms with van der Waals surface area (Å²) in [5, 5.41) is 0. The van der Waals surface area contributed by atoms with E-state index in [0.29, 0.717) is 5.92 Å². The van der Waals surface area contributed by atoms with Crippen LogP contribution in [0.15, 0.2) is 24.4 Å². The van der Waals surface area contributed by atoms with Gasteiger partial charge in [0.15, 0.2) is 5.79 Å². The fourth-order valence-corrected chi connectivity index (χ4v) is 2.76. The van der Waals surface area contributed by atoms with Gasteiger partial charge in [0, 0.05) is 30.7 Å². The summed E-state index contributed by atoms with van der Waals surface area (Å²) in [6.45, 7) is 1.52. The molecule has 2 heterocycles. The fraction of sp³-hybridized carbons (Fsp3) is 0.615. The summed E-state index contributed by atoms with van der Waals surface area (Å²) in [5.74, 6) is 0.338. The van der Waals surface area contributed by atoms with Gasteiger partial charge in [-0.05, 0) is 25.0 Å². The van der Waals surface area contributed by atoms with Crippen LogP contribution in [0.4, 0.5) is 0 Å². The molecular formula is C13H17NO2. The molecule has 86 valence electrons. The smallest absolute Gasteiger partial charge is 0.168 e. The van der Waals surface area contributed by atoms with Crippen LogP contribution in [-0.2, 0) is 9.47 Å². The van der Waals surface area contributed by atoms with E-state index in [-0.39, 0.29) is 5.79 Å². The zero-order valence-electron chi connectivity index (χ0n) is 9.39. The maximum atomic E-state index is 5.72. The van der Waals surface area contributed by atoms with Crippen molar-refractivity contribution in [3.8, 4) is 0 Å². The molecule has 2 fully saturated rings. The third-order valence-electron chi connectivity index (χ3n) is 3.67. The highest BCUT2D eigenvalue weighted by Crippen LogP contribution is 2.41. The predicted octanol–water partition coefficient (Wildman–Crippen LogP) is 2.48. The van der Waals surface area contributed by atoms with Gasteiger partial charge in [-0.25, -0.2) is 0 Å². The average Bonchev–Trinajstić information content (AvgIpc) is 2.80. The summed E-state index contributed by atoms with van der Waals surface area (Å²) in [5.41, 5.74) is 1.22. The Hall–Kier alpha value is -0.930. The van der Waals surface area contributed by atoms with Crippen molar-refractivity contribution in [3.63, 3.8) is 0 Å². The second kappa shape index (κ2) is 4.15. The molecule has 0 N–H and O–H groups in total. The van der Waals surface area contributed by atoms with Gasteiger partial charge in [-0.3, -0.25) is 4.98 Å². The van der Waals surface area contributed by atoms with Gasteiger partial charge >= 0.3 is 0 Å². The van der Waals surface area contributed by atoms with Crippen molar-refractivity contribution in [1.82, 2.24) is 4.98 Å². The van der Waals surface area contributed by atoms with Crippen molar-refractivity contribution in [2.24, 2.45) is 0 Å². The lowest BCUT2D eigenvalue weighted by molar-refractivity contribution is -0.178. The molecule has 0 unspecified atom stereocenters. The second-order valence-corrected chi connectivity index (χ2v) is 4.64. The van der Waals surface area contributed by atoms with Gasteiger partial charge in [-0.15, -0.1) is 0 Å². The number of rotatable bonds is 1. The molecular weight excluding hydrogens is 202 g/mol. The standard InChI is InChI=1S/C13H17NO2/c1-2-8-14-12(3-1)11-4-6-13(7-5-11)15-9-10-16-13/h1-3,8,11H,4-7,9-10H2. The van der Waals surface area contributed by atoms with Crippen molar-refractivity contribution >= 4 is 0 Å². The normalized spacial score (nSPS) is 25.0. The number of hydrogen-bond acceptors (Lipinski definition) is 3. The molecule has 1 aliphatic carbocycles. The maximum absolute atomic E-state index is 5.72. The van der Waals surface area contributed by atoms with Crippen LogP contribution in [0.5, 0.6) is 0 Å². The van der Waals surface area contributed by atoms with Crippen molar-refractivity contribution in [3.05, 3.63) is 30.1 Å².